The third-order valence-electron chi connectivity index (χ3n) is 4.75. The van der Waals surface area contributed by atoms with Crippen molar-refractivity contribution in [1.29, 1.82) is 0 Å². The van der Waals surface area contributed by atoms with Crippen molar-refractivity contribution in [2.24, 2.45) is 0 Å². The SMILES string of the molecule is Cc1cccnc1OCC1(NC(=O)CC2CCCN2C(=O)O)CC1. The second-order valence-corrected chi connectivity index (χ2v) is 6.72. The lowest BCUT2D eigenvalue weighted by molar-refractivity contribution is -0.123. The molecule has 3 rings (SSSR count). The zero-order chi connectivity index (χ0) is 17.2. The Labute approximate surface area is 141 Å². The van der Waals surface area contributed by atoms with Crippen LogP contribution in [-0.2, 0) is 4.79 Å². The third kappa shape index (κ3) is 3.77. The Hall–Kier alpha value is -2.31. The van der Waals surface area contributed by atoms with Crippen molar-refractivity contribution >= 4 is 12.0 Å². The molecule has 1 aromatic rings. The molecule has 1 aromatic heterocycles. The van der Waals surface area contributed by atoms with E-state index in [0.29, 0.717) is 19.0 Å². The molecule has 2 aliphatic rings. The molecule has 1 unspecified atom stereocenters. The van der Waals surface area contributed by atoms with Crippen molar-refractivity contribution in [3.63, 3.8) is 0 Å². The van der Waals surface area contributed by atoms with E-state index in [9.17, 15) is 9.59 Å². The molecule has 7 heteroatoms. The Kier molecular flexibility index (Phi) is 4.59. The van der Waals surface area contributed by atoms with E-state index in [0.717, 1.165) is 31.2 Å². The number of carboxylic acid groups (broad SMARTS) is 1. The maximum absolute atomic E-state index is 12.3. The number of carbonyl (C=O) groups excluding carboxylic acids is 1. The van der Waals surface area contributed by atoms with Crippen molar-refractivity contribution in [2.45, 2.75) is 50.6 Å². The minimum Gasteiger partial charge on any atom is -0.475 e. The summed E-state index contributed by atoms with van der Waals surface area (Å²) in [6, 6.07) is 3.57. The summed E-state index contributed by atoms with van der Waals surface area (Å²) >= 11 is 0. The van der Waals surface area contributed by atoms with Gasteiger partial charge in [-0.3, -0.25) is 4.79 Å². The van der Waals surface area contributed by atoms with Gasteiger partial charge >= 0.3 is 6.09 Å². The molecule has 0 bridgehead atoms. The zero-order valence-electron chi connectivity index (χ0n) is 13.8. The van der Waals surface area contributed by atoms with Crippen LogP contribution in [0, 0.1) is 6.92 Å². The summed E-state index contributed by atoms with van der Waals surface area (Å²) in [7, 11) is 0. The van der Waals surface area contributed by atoms with Crippen LogP contribution >= 0.6 is 0 Å². The van der Waals surface area contributed by atoms with Crippen LogP contribution in [-0.4, -0.2) is 51.7 Å². The van der Waals surface area contributed by atoms with Crippen molar-refractivity contribution in [1.82, 2.24) is 15.2 Å². The van der Waals surface area contributed by atoms with E-state index in [2.05, 4.69) is 10.3 Å². The van der Waals surface area contributed by atoms with E-state index >= 15 is 0 Å². The smallest absolute Gasteiger partial charge is 0.407 e. The molecular weight excluding hydrogens is 310 g/mol. The van der Waals surface area contributed by atoms with Gasteiger partial charge in [0.25, 0.3) is 0 Å². The highest BCUT2D eigenvalue weighted by Gasteiger charge is 2.45. The molecule has 0 aromatic carbocycles. The van der Waals surface area contributed by atoms with Gasteiger partial charge in [0, 0.05) is 30.8 Å². The summed E-state index contributed by atoms with van der Waals surface area (Å²) in [4.78, 5) is 29.0. The quantitative estimate of drug-likeness (QED) is 0.830. The molecule has 130 valence electrons. The van der Waals surface area contributed by atoms with Crippen molar-refractivity contribution < 1.29 is 19.4 Å². The number of nitrogens with zero attached hydrogens (tertiary/aromatic N) is 2. The van der Waals surface area contributed by atoms with Crippen LogP contribution in [0.2, 0.25) is 0 Å². The van der Waals surface area contributed by atoms with E-state index in [1.807, 2.05) is 19.1 Å². The van der Waals surface area contributed by atoms with Crippen molar-refractivity contribution in [3.05, 3.63) is 23.9 Å². The normalized spacial score (nSPS) is 21.4. The number of nitrogens with one attached hydrogen (secondary N) is 1. The number of aryl methyl sites for hydroxylation is 1. The lowest BCUT2D eigenvalue weighted by Gasteiger charge is -2.23. The van der Waals surface area contributed by atoms with Crippen LogP contribution in [0.5, 0.6) is 5.88 Å². The molecular formula is C17H23N3O4. The van der Waals surface area contributed by atoms with Gasteiger partial charge in [-0.05, 0) is 38.7 Å². The third-order valence-corrected chi connectivity index (χ3v) is 4.75. The van der Waals surface area contributed by atoms with Gasteiger partial charge in [0.2, 0.25) is 11.8 Å². The van der Waals surface area contributed by atoms with Crippen LogP contribution in [0.1, 0.15) is 37.7 Å². The number of ether oxygens (including phenoxy) is 1. The minimum atomic E-state index is -0.944. The fourth-order valence-electron chi connectivity index (χ4n) is 3.15. The van der Waals surface area contributed by atoms with Crippen LogP contribution in [0.4, 0.5) is 4.79 Å². The van der Waals surface area contributed by atoms with Crippen LogP contribution in [0.15, 0.2) is 18.3 Å². The van der Waals surface area contributed by atoms with Gasteiger partial charge in [0.05, 0.1) is 5.54 Å². The van der Waals surface area contributed by atoms with E-state index < -0.39 is 6.09 Å². The molecule has 2 amide bonds. The van der Waals surface area contributed by atoms with E-state index in [4.69, 9.17) is 9.84 Å². The fourth-order valence-corrected chi connectivity index (χ4v) is 3.15. The van der Waals surface area contributed by atoms with Gasteiger partial charge in [-0.2, -0.15) is 0 Å². The average Bonchev–Trinajstić information content (AvgIpc) is 3.13. The topological polar surface area (TPSA) is 91.8 Å². The molecule has 1 aliphatic carbocycles. The molecule has 0 spiro atoms. The van der Waals surface area contributed by atoms with Gasteiger partial charge in [-0.25, -0.2) is 9.78 Å². The number of hydrogen-bond acceptors (Lipinski definition) is 4. The number of hydrogen-bond donors (Lipinski definition) is 2. The Bertz CT molecular complexity index is 630. The van der Waals surface area contributed by atoms with Gasteiger partial charge in [-0.1, -0.05) is 6.07 Å². The van der Waals surface area contributed by atoms with E-state index in [1.165, 1.54) is 4.90 Å². The van der Waals surface area contributed by atoms with Crippen LogP contribution < -0.4 is 10.1 Å². The summed E-state index contributed by atoms with van der Waals surface area (Å²) < 4.78 is 5.76. The molecule has 2 heterocycles. The van der Waals surface area contributed by atoms with Gasteiger partial charge < -0.3 is 20.1 Å². The zero-order valence-corrected chi connectivity index (χ0v) is 13.8. The maximum atomic E-state index is 12.3. The summed E-state index contributed by atoms with van der Waals surface area (Å²) in [6.45, 7) is 2.84. The first kappa shape index (κ1) is 16.5. The maximum Gasteiger partial charge on any atom is 0.407 e. The number of amides is 2. The lowest BCUT2D eigenvalue weighted by Crippen LogP contribution is -2.44. The molecule has 2 fully saturated rings. The first-order valence-corrected chi connectivity index (χ1v) is 8.34. The number of rotatable bonds is 6. The predicted molar refractivity (Wildman–Crippen MR) is 86.9 cm³/mol. The second kappa shape index (κ2) is 6.67. The number of aromatic nitrogens is 1. The predicted octanol–water partition coefficient (Wildman–Crippen LogP) is 1.95. The molecule has 24 heavy (non-hydrogen) atoms. The second-order valence-electron chi connectivity index (χ2n) is 6.72. The van der Waals surface area contributed by atoms with Crippen molar-refractivity contribution in [3.8, 4) is 5.88 Å². The Morgan fingerprint density at radius 2 is 2.29 bits per heavy atom. The molecule has 1 atom stereocenters. The Balaban J connectivity index is 1.51. The Morgan fingerprint density at radius 3 is 2.96 bits per heavy atom. The summed E-state index contributed by atoms with van der Waals surface area (Å²) in [5, 5.41) is 12.2. The molecule has 2 N–H and O–H groups in total. The number of pyridine rings is 1. The standard InChI is InChI=1S/C17H23N3O4/c1-12-4-2-8-18-15(12)24-11-17(6-7-17)19-14(21)10-13-5-3-9-20(13)16(22)23/h2,4,8,13H,3,5-7,9-11H2,1H3,(H,19,21)(H,22,23). The van der Waals surface area contributed by atoms with Crippen LogP contribution in [0.3, 0.4) is 0 Å². The Morgan fingerprint density at radius 1 is 1.50 bits per heavy atom. The molecule has 7 nitrogen and oxygen atoms in total. The van der Waals surface area contributed by atoms with E-state index in [1.54, 1.807) is 6.20 Å². The first-order chi connectivity index (χ1) is 11.5. The molecule has 1 saturated carbocycles. The van der Waals surface area contributed by atoms with Gasteiger partial charge in [-0.15, -0.1) is 0 Å². The lowest BCUT2D eigenvalue weighted by atomic mass is 10.1. The van der Waals surface area contributed by atoms with E-state index in [-0.39, 0.29) is 23.9 Å². The van der Waals surface area contributed by atoms with Crippen LogP contribution in [0.25, 0.3) is 0 Å². The largest absolute Gasteiger partial charge is 0.475 e. The molecule has 1 aliphatic heterocycles. The first-order valence-electron chi connectivity index (χ1n) is 8.34. The number of likely N-dealkylation sites (tertiary alicyclic amines) is 1. The minimum absolute atomic E-state index is 0.105. The van der Waals surface area contributed by atoms with Crippen molar-refractivity contribution in [2.75, 3.05) is 13.2 Å². The fraction of sp³-hybridized carbons (Fsp3) is 0.588. The molecule has 1 saturated heterocycles. The average molecular weight is 333 g/mol. The van der Waals surface area contributed by atoms with Gasteiger partial charge in [0.15, 0.2) is 0 Å². The highest BCUT2D eigenvalue weighted by Crippen LogP contribution is 2.36. The van der Waals surface area contributed by atoms with Gasteiger partial charge in [0.1, 0.15) is 6.61 Å². The summed E-state index contributed by atoms with van der Waals surface area (Å²) in [5.41, 5.74) is 0.635. The monoisotopic (exact) mass is 333 g/mol. The highest BCUT2D eigenvalue weighted by atomic mass is 16.5. The highest BCUT2D eigenvalue weighted by molar-refractivity contribution is 5.79. The summed E-state index contributed by atoms with van der Waals surface area (Å²) in [5.74, 6) is 0.484. The summed E-state index contributed by atoms with van der Waals surface area (Å²) in [6.07, 6.45) is 4.27. The number of carbonyl (C=O) groups is 2. The molecule has 0 radical (unpaired) electrons.